The number of carbonyl (C=O) groups is 1. The summed E-state index contributed by atoms with van der Waals surface area (Å²) >= 11 is 0. The van der Waals surface area contributed by atoms with Crippen LogP contribution in [0.25, 0.3) is 0 Å². The van der Waals surface area contributed by atoms with Gasteiger partial charge >= 0.3 is 6.18 Å². The molecule has 2 N–H and O–H groups in total. The van der Waals surface area contributed by atoms with Crippen LogP contribution in [0, 0.1) is 17.2 Å². The van der Waals surface area contributed by atoms with Crippen LogP contribution in [0.1, 0.15) is 6.42 Å². The highest BCUT2D eigenvalue weighted by molar-refractivity contribution is 5.77. The van der Waals surface area contributed by atoms with Gasteiger partial charge in [-0.1, -0.05) is 0 Å². The molecule has 0 saturated carbocycles. The highest BCUT2D eigenvalue weighted by Gasteiger charge is 2.43. The third-order valence-corrected chi connectivity index (χ3v) is 1.03. The minimum Gasteiger partial charge on any atom is -0.369 e. The summed E-state index contributed by atoms with van der Waals surface area (Å²) in [4.78, 5) is 10.1. The van der Waals surface area contributed by atoms with Crippen molar-refractivity contribution in [3.63, 3.8) is 0 Å². The van der Waals surface area contributed by atoms with E-state index in [9.17, 15) is 18.0 Å². The van der Waals surface area contributed by atoms with Gasteiger partial charge in [-0.3, -0.25) is 4.79 Å². The predicted octanol–water partition coefficient (Wildman–Crippen LogP) is 0.564. The number of primary amides is 1. The standard InChI is InChI=1S/C5H5F3N2O/c6-5(7,8)3(1-2-9)4(10)11/h3H,1H2,(H2,10,11). The number of nitriles is 1. The largest absolute Gasteiger partial charge is 0.401 e. The Morgan fingerprint density at radius 3 is 2.18 bits per heavy atom. The number of rotatable bonds is 2. The summed E-state index contributed by atoms with van der Waals surface area (Å²) in [7, 11) is 0. The molecule has 0 heterocycles. The molecule has 0 spiro atoms. The van der Waals surface area contributed by atoms with Gasteiger partial charge in [0.15, 0.2) is 0 Å². The van der Waals surface area contributed by atoms with Crippen LogP contribution in [0.2, 0.25) is 0 Å². The summed E-state index contributed by atoms with van der Waals surface area (Å²) in [5.41, 5.74) is 4.40. The number of hydrogen-bond acceptors (Lipinski definition) is 2. The van der Waals surface area contributed by atoms with E-state index in [0.717, 1.165) is 0 Å². The molecule has 62 valence electrons. The van der Waals surface area contributed by atoms with Gasteiger partial charge in [-0.2, -0.15) is 18.4 Å². The number of amides is 1. The molecule has 0 aliphatic carbocycles. The Hall–Kier alpha value is -1.25. The van der Waals surface area contributed by atoms with Gasteiger partial charge in [-0.25, -0.2) is 0 Å². The fourth-order valence-corrected chi connectivity index (χ4v) is 0.469. The van der Waals surface area contributed by atoms with Gasteiger partial charge in [0.05, 0.1) is 12.5 Å². The van der Waals surface area contributed by atoms with E-state index in [1.54, 1.807) is 0 Å². The Labute approximate surface area is 60.6 Å². The summed E-state index contributed by atoms with van der Waals surface area (Å²) in [5, 5.41) is 7.89. The Morgan fingerprint density at radius 1 is 1.64 bits per heavy atom. The van der Waals surface area contributed by atoms with Crippen LogP contribution >= 0.6 is 0 Å². The van der Waals surface area contributed by atoms with Gasteiger partial charge in [-0.05, 0) is 0 Å². The number of carbonyl (C=O) groups excluding carboxylic acids is 1. The molecule has 3 nitrogen and oxygen atoms in total. The van der Waals surface area contributed by atoms with E-state index in [1.807, 2.05) is 0 Å². The Kier molecular flexibility index (Phi) is 2.87. The SMILES string of the molecule is N#CCC(C(N)=O)C(F)(F)F. The van der Waals surface area contributed by atoms with Crippen molar-refractivity contribution in [3.05, 3.63) is 0 Å². The third kappa shape index (κ3) is 2.89. The smallest absolute Gasteiger partial charge is 0.369 e. The molecule has 0 radical (unpaired) electrons. The number of hydrogen-bond donors (Lipinski definition) is 1. The number of nitrogens with zero attached hydrogens (tertiary/aromatic N) is 1. The zero-order valence-corrected chi connectivity index (χ0v) is 5.35. The Morgan fingerprint density at radius 2 is 2.09 bits per heavy atom. The maximum Gasteiger partial charge on any atom is 0.401 e. The highest BCUT2D eigenvalue weighted by Crippen LogP contribution is 2.27. The van der Waals surface area contributed by atoms with Crippen LogP contribution in [0.15, 0.2) is 0 Å². The lowest BCUT2D eigenvalue weighted by molar-refractivity contribution is -0.179. The average molecular weight is 166 g/mol. The maximum absolute atomic E-state index is 11.7. The second-order valence-corrected chi connectivity index (χ2v) is 1.86. The molecule has 0 aliphatic heterocycles. The molecule has 0 aromatic carbocycles. The molecular formula is C5H5F3N2O. The van der Waals surface area contributed by atoms with Crippen LogP contribution in [0.4, 0.5) is 13.2 Å². The molecule has 0 aromatic heterocycles. The maximum atomic E-state index is 11.7. The van der Waals surface area contributed by atoms with Crippen molar-refractivity contribution in [1.82, 2.24) is 0 Å². The van der Waals surface area contributed by atoms with Crippen LogP contribution in [-0.4, -0.2) is 12.1 Å². The molecule has 1 atom stereocenters. The molecule has 6 heteroatoms. The van der Waals surface area contributed by atoms with Gasteiger partial charge in [0, 0.05) is 0 Å². The van der Waals surface area contributed by atoms with Crippen LogP contribution in [0.5, 0.6) is 0 Å². The average Bonchev–Trinajstić information content (AvgIpc) is 1.79. The topological polar surface area (TPSA) is 66.9 Å². The number of nitrogens with two attached hydrogens (primary N) is 1. The quantitative estimate of drug-likeness (QED) is 0.651. The van der Waals surface area contributed by atoms with Crippen LogP contribution in [0.3, 0.4) is 0 Å². The minimum atomic E-state index is -4.71. The normalized spacial score (nSPS) is 13.6. The van der Waals surface area contributed by atoms with E-state index in [2.05, 4.69) is 5.73 Å². The highest BCUT2D eigenvalue weighted by atomic mass is 19.4. The van der Waals surface area contributed by atoms with Gasteiger partial charge in [0.1, 0.15) is 5.92 Å². The van der Waals surface area contributed by atoms with Crippen molar-refractivity contribution in [2.45, 2.75) is 12.6 Å². The summed E-state index contributed by atoms with van der Waals surface area (Å²) in [6.45, 7) is 0. The molecule has 11 heavy (non-hydrogen) atoms. The van der Waals surface area contributed by atoms with E-state index >= 15 is 0 Å². The fourth-order valence-electron chi connectivity index (χ4n) is 0.469. The van der Waals surface area contributed by atoms with Gasteiger partial charge < -0.3 is 5.73 Å². The van der Waals surface area contributed by atoms with E-state index in [1.165, 1.54) is 6.07 Å². The van der Waals surface area contributed by atoms with E-state index in [4.69, 9.17) is 5.26 Å². The first-order chi connectivity index (χ1) is 4.89. The zero-order valence-electron chi connectivity index (χ0n) is 5.35. The third-order valence-electron chi connectivity index (χ3n) is 1.03. The lowest BCUT2D eigenvalue weighted by atomic mass is 10.1. The van der Waals surface area contributed by atoms with Gasteiger partial charge in [0.25, 0.3) is 0 Å². The molecule has 1 amide bonds. The summed E-state index contributed by atoms with van der Waals surface area (Å²) in [6, 6.07) is 1.23. The second-order valence-electron chi connectivity index (χ2n) is 1.86. The fraction of sp³-hybridized carbons (Fsp3) is 0.600. The van der Waals surface area contributed by atoms with Gasteiger partial charge in [0.2, 0.25) is 5.91 Å². The lowest BCUT2D eigenvalue weighted by Crippen LogP contribution is -2.35. The molecule has 0 rings (SSSR count). The van der Waals surface area contributed by atoms with E-state index in [0.29, 0.717) is 0 Å². The first-order valence-electron chi connectivity index (χ1n) is 2.62. The zero-order chi connectivity index (χ0) is 9.07. The first kappa shape index (κ1) is 9.75. The van der Waals surface area contributed by atoms with Crippen LogP contribution in [-0.2, 0) is 4.79 Å². The summed E-state index contributed by atoms with van der Waals surface area (Å²) in [6.07, 6.45) is -5.62. The van der Waals surface area contributed by atoms with Crippen molar-refractivity contribution in [1.29, 1.82) is 5.26 Å². The molecule has 0 bridgehead atoms. The van der Waals surface area contributed by atoms with Crippen molar-refractivity contribution < 1.29 is 18.0 Å². The monoisotopic (exact) mass is 166 g/mol. The van der Waals surface area contributed by atoms with Crippen molar-refractivity contribution >= 4 is 5.91 Å². The molecule has 0 fully saturated rings. The lowest BCUT2D eigenvalue weighted by Gasteiger charge is -2.12. The molecule has 0 aromatic rings. The van der Waals surface area contributed by atoms with E-state index in [-0.39, 0.29) is 0 Å². The second kappa shape index (κ2) is 3.23. The van der Waals surface area contributed by atoms with Crippen molar-refractivity contribution in [2.75, 3.05) is 0 Å². The minimum absolute atomic E-state index is 0.918. The Bertz CT molecular complexity index is 193. The molecule has 1 unspecified atom stereocenters. The van der Waals surface area contributed by atoms with Crippen molar-refractivity contribution in [3.8, 4) is 6.07 Å². The molecule has 0 aliphatic rings. The van der Waals surface area contributed by atoms with Crippen molar-refractivity contribution in [2.24, 2.45) is 11.7 Å². The summed E-state index contributed by atoms with van der Waals surface area (Å²) < 4.78 is 35.1. The molecular weight excluding hydrogens is 161 g/mol. The van der Waals surface area contributed by atoms with E-state index < -0.39 is 24.4 Å². The summed E-state index contributed by atoms with van der Waals surface area (Å²) in [5.74, 6) is -3.86. The molecule has 0 saturated heterocycles. The number of alkyl halides is 3. The first-order valence-corrected chi connectivity index (χ1v) is 2.62. The predicted molar refractivity (Wildman–Crippen MR) is 29.0 cm³/mol. The Balaban J connectivity index is 4.38. The number of halogens is 3. The van der Waals surface area contributed by atoms with Crippen LogP contribution < -0.4 is 5.73 Å². The van der Waals surface area contributed by atoms with Gasteiger partial charge in [-0.15, -0.1) is 0 Å².